The van der Waals surface area contributed by atoms with Crippen molar-refractivity contribution in [1.29, 1.82) is 5.26 Å². The maximum atomic E-state index is 12.6. The van der Waals surface area contributed by atoms with Crippen LogP contribution in [0.1, 0.15) is 62.3 Å². The minimum atomic E-state index is -0.00278. The van der Waals surface area contributed by atoms with Crippen LogP contribution < -0.4 is 10.1 Å². The summed E-state index contributed by atoms with van der Waals surface area (Å²) in [6.07, 6.45) is 5.29. The van der Waals surface area contributed by atoms with E-state index in [1.165, 1.54) is 22.5 Å². The van der Waals surface area contributed by atoms with Crippen molar-refractivity contribution in [2.75, 3.05) is 19.6 Å². The van der Waals surface area contributed by atoms with Crippen molar-refractivity contribution in [3.05, 3.63) is 53.1 Å². The number of aromatic nitrogens is 2. The Morgan fingerprint density at radius 3 is 2.78 bits per heavy atom. The van der Waals surface area contributed by atoms with Crippen LogP contribution in [-0.4, -0.2) is 46.7 Å². The van der Waals surface area contributed by atoms with Crippen molar-refractivity contribution in [2.24, 2.45) is 0 Å². The zero-order valence-corrected chi connectivity index (χ0v) is 21.6. The largest absolute Gasteiger partial charge is 0.490 e. The van der Waals surface area contributed by atoms with Gasteiger partial charge in [0.2, 0.25) is 5.91 Å². The zero-order chi connectivity index (χ0) is 25.1. The van der Waals surface area contributed by atoms with E-state index in [1.54, 1.807) is 0 Å². The first-order valence-electron chi connectivity index (χ1n) is 12.7. The van der Waals surface area contributed by atoms with E-state index in [-0.39, 0.29) is 18.1 Å². The quantitative estimate of drug-likeness (QED) is 0.483. The van der Waals surface area contributed by atoms with Crippen LogP contribution in [0.2, 0.25) is 0 Å². The van der Waals surface area contributed by atoms with Crippen LogP contribution in [0.3, 0.4) is 0 Å². The number of nitrogens with one attached hydrogen (secondary N) is 1. The third-order valence-corrected chi connectivity index (χ3v) is 7.84. The third kappa shape index (κ3) is 5.13. The molecule has 2 aliphatic rings. The van der Waals surface area contributed by atoms with Gasteiger partial charge < -0.3 is 15.0 Å². The third-order valence-electron chi connectivity index (χ3n) is 6.83. The molecule has 0 saturated carbocycles. The molecule has 5 rings (SSSR count). The topological polar surface area (TPSA) is 91.1 Å². The Morgan fingerprint density at radius 1 is 1.19 bits per heavy atom. The first-order chi connectivity index (χ1) is 17.5. The van der Waals surface area contributed by atoms with Gasteiger partial charge in [-0.3, -0.25) is 4.79 Å². The summed E-state index contributed by atoms with van der Waals surface area (Å²) in [4.78, 5) is 14.5. The van der Waals surface area contributed by atoms with E-state index in [9.17, 15) is 10.1 Å². The molecule has 3 aromatic rings. The van der Waals surface area contributed by atoms with Gasteiger partial charge in [-0.1, -0.05) is 29.5 Å². The van der Waals surface area contributed by atoms with E-state index in [4.69, 9.17) is 4.74 Å². The van der Waals surface area contributed by atoms with Gasteiger partial charge in [0.15, 0.2) is 0 Å². The van der Waals surface area contributed by atoms with Gasteiger partial charge in [0.25, 0.3) is 0 Å². The Hall–Kier alpha value is -3.28. The smallest absolute Gasteiger partial charge is 0.236 e. The predicted molar refractivity (Wildman–Crippen MR) is 141 cm³/mol. The first kappa shape index (κ1) is 24.4. The van der Waals surface area contributed by atoms with Crippen LogP contribution in [0.4, 0.5) is 0 Å². The fourth-order valence-corrected chi connectivity index (χ4v) is 6.00. The monoisotopic (exact) mass is 501 g/mol. The molecule has 8 heteroatoms. The SMILES string of the molecule is CC(C)Oc1ccc(-c2nnc(-c3cccc4c3CCC[C@H]4NCC(=O)N3CCCC3)s2)cc1C#N. The standard InChI is InChI=1S/C28H31N5O2S/c1-18(2)35-25-12-11-19(15-20(25)16-29)27-31-32-28(36-27)23-9-5-8-22-21(23)7-6-10-24(22)30-17-26(34)33-13-3-4-14-33/h5,8-9,11-12,15,18,24,30H,3-4,6-7,10,13-14,17H2,1-2H3/t24-/m1/s1. The molecule has 36 heavy (non-hydrogen) atoms. The first-order valence-corrected chi connectivity index (χ1v) is 13.5. The number of carbonyl (C=O) groups is 1. The molecule has 1 atom stereocenters. The highest BCUT2D eigenvalue weighted by atomic mass is 32.1. The summed E-state index contributed by atoms with van der Waals surface area (Å²) in [7, 11) is 0. The molecule has 1 aromatic heterocycles. The van der Waals surface area contributed by atoms with Crippen LogP contribution >= 0.6 is 11.3 Å². The molecule has 1 N–H and O–H groups in total. The van der Waals surface area contributed by atoms with Gasteiger partial charge in [-0.15, -0.1) is 10.2 Å². The number of nitriles is 1. The Balaban J connectivity index is 1.37. The second kappa shape index (κ2) is 10.8. The molecule has 2 heterocycles. The lowest BCUT2D eigenvalue weighted by atomic mass is 9.85. The maximum Gasteiger partial charge on any atom is 0.236 e. The highest BCUT2D eigenvalue weighted by Crippen LogP contribution is 2.39. The van der Waals surface area contributed by atoms with Crippen molar-refractivity contribution in [3.8, 4) is 33.0 Å². The van der Waals surface area contributed by atoms with Crippen molar-refractivity contribution in [1.82, 2.24) is 20.4 Å². The fourth-order valence-electron chi connectivity index (χ4n) is 5.11. The molecule has 1 amide bonds. The molecule has 1 aliphatic carbocycles. The average Bonchev–Trinajstić information content (AvgIpc) is 3.60. The van der Waals surface area contributed by atoms with Crippen LogP contribution in [0.15, 0.2) is 36.4 Å². The van der Waals surface area contributed by atoms with E-state index in [1.807, 2.05) is 36.9 Å². The minimum absolute atomic E-state index is 0.00278. The van der Waals surface area contributed by atoms with Crippen molar-refractivity contribution in [2.45, 2.75) is 58.1 Å². The van der Waals surface area contributed by atoms with E-state index in [0.29, 0.717) is 17.9 Å². The van der Waals surface area contributed by atoms with E-state index >= 15 is 0 Å². The molecular formula is C28H31N5O2S. The minimum Gasteiger partial charge on any atom is -0.490 e. The van der Waals surface area contributed by atoms with Gasteiger partial charge in [0.1, 0.15) is 21.8 Å². The lowest BCUT2D eigenvalue weighted by molar-refractivity contribution is -0.129. The number of fused-ring (bicyclic) bond motifs is 1. The van der Waals surface area contributed by atoms with Crippen LogP contribution in [0.5, 0.6) is 5.75 Å². The molecule has 0 radical (unpaired) electrons. The Labute approximate surface area is 216 Å². The number of likely N-dealkylation sites (tertiary alicyclic amines) is 1. The van der Waals surface area contributed by atoms with E-state index < -0.39 is 0 Å². The summed E-state index contributed by atoms with van der Waals surface area (Å²) in [5.74, 6) is 0.783. The Bertz CT molecular complexity index is 1290. The summed E-state index contributed by atoms with van der Waals surface area (Å²) in [6.45, 7) is 6.04. The Kier molecular flexibility index (Phi) is 7.30. The normalized spacial score (nSPS) is 17.2. The van der Waals surface area contributed by atoms with E-state index in [2.05, 4.69) is 39.8 Å². The van der Waals surface area contributed by atoms with Gasteiger partial charge in [-0.25, -0.2) is 0 Å². The molecule has 1 aliphatic heterocycles. The maximum absolute atomic E-state index is 12.6. The Morgan fingerprint density at radius 2 is 2.00 bits per heavy atom. The number of ether oxygens (including phenoxy) is 1. The summed E-state index contributed by atoms with van der Waals surface area (Å²) in [6, 6.07) is 14.3. The molecule has 0 unspecified atom stereocenters. The van der Waals surface area contributed by atoms with Gasteiger partial charge in [0.05, 0.1) is 18.2 Å². The molecule has 0 spiro atoms. The second-order valence-corrected chi connectivity index (χ2v) is 10.7. The van der Waals surface area contributed by atoms with Crippen molar-refractivity contribution < 1.29 is 9.53 Å². The summed E-state index contributed by atoms with van der Waals surface area (Å²) >= 11 is 1.53. The van der Waals surface area contributed by atoms with Crippen molar-refractivity contribution in [3.63, 3.8) is 0 Å². The summed E-state index contributed by atoms with van der Waals surface area (Å²) < 4.78 is 5.75. The second-order valence-electron chi connectivity index (χ2n) is 9.69. The highest BCUT2D eigenvalue weighted by Gasteiger charge is 2.25. The molecule has 186 valence electrons. The number of nitrogens with zero attached hydrogens (tertiary/aromatic N) is 4. The lowest BCUT2D eigenvalue weighted by Crippen LogP contribution is -2.38. The zero-order valence-electron chi connectivity index (χ0n) is 20.8. The average molecular weight is 502 g/mol. The number of hydrogen-bond acceptors (Lipinski definition) is 7. The summed E-state index contributed by atoms with van der Waals surface area (Å²) in [5, 5.41) is 23.7. The van der Waals surface area contributed by atoms with Crippen LogP contribution in [0, 0.1) is 11.3 Å². The number of carbonyl (C=O) groups excluding carboxylic acids is 1. The van der Waals surface area contributed by atoms with E-state index in [0.717, 1.165) is 66.3 Å². The predicted octanol–water partition coefficient (Wildman–Crippen LogP) is 5.12. The summed E-state index contributed by atoms with van der Waals surface area (Å²) in [5.41, 5.74) is 5.00. The molecular weight excluding hydrogens is 470 g/mol. The number of hydrogen-bond donors (Lipinski definition) is 1. The number of rotatable bonds is 7. The van der Waals surface area contributed by atoms with Crippen LogP contribution in [0.25, 0.3) is 21.1 Å². The van der Waals surface area contributed by atoms with Gasteiger partial charge >= 0.3 is 0 Å². The molecule has 7 nitrogen and oxygen atoms in total. The van der Waals surface area contributed by atoms with Crippen LogP contribution in [-0.2, 0) is 11.2 Å². The van der Waals surface area contributed by atoms with Gasteiger partial charge in [-0.05, 0) is 75.3 Å². The number of amides is 1. The fraction of sp³-hybridized carbons (Fsp3) is 0.429. The molecule has 1 saturated heterocycles. The molecule has 1 fully saturated rings. The van der Waals surface area contributed by atoms with Gasteiger partial charge in [-0.2, -0.15) is 5.26 Å². The highest BCUT2D eigenvalue weighted by molar-refractivity contribution is 7.17. The van der Waals surface area contributed by atoms with Gasteiger partial charge in [0, 0.05) is 30.3 Å². The molecule has 2 aromatic carbocycles. The van der Waals surface area contributed by atoms with Crippen molar-refractivity contribution >= 4 is 17.2 Å². The lowest BCUT2D eigenvalue weighted by Gasteiger charge is -2.28. The molecule has 0 bridgehead atoms. The number of benzene rings is 2.